The van der Waals surface area contributed by atoms with E-state index in [-0.39, 0.29) is 17.0 Å². The summed E-state index contributed by atoms with van der Waals surface area (Å²) in [6.45, 7) is -0.379. The molecule has 1 unspecified atom stereocenters. The second-order valence-electron chi connectivity index (χ2n) is 4.94. The smallest absolute Gasteiger partial charge is 0.387 e. The van der Waals surface area contributed by atoms with Gasteiger partial charge in [0.2, 0.25) is 10.0 Å². The molecule has 0 heterocycles. The molecule has 2 aromatic rings. The van der Waals surface area contributed by atoms with E-state index in [1.54, 1.807) is 0 Å². The summed E-state index contributed by atoms with van der Waals surface area (Å²) in [4.78, 5) is -0.0356. The summed E-state index contributed by atoms with van der Waals surface area (Å²) in [6, 6.07) is 9.27. The minimum Gasteiger partial charge on any atom is -0.387 e. The Hall–Kier alpha value is -1.61. The standard InChI is InChI=1S/C15H13ClF3NO3S/c16-12-5-7-13(8-6-12)24(22,23)20-9-14(21)10-1-3-11(4-2-10)15(17,18)19/h1-8,14,20-21H,9H2. The molecule has 0 saturated heterocycles. The molecule has 24 heavy (non-hydrogen) atoms. The molecule has 1 atom stereocenters. The monoisotopic (exact) mass is 379 g/mol. The van der Waals surface area contributed by atoms with Crippen molar-refractivity contribution in [3.8, 4) is 0 Å². The molecule has 0 aromatic heterocycles. The van der Waals surface area contributed by atoms with Crippen LogP contribution in [-0.2, 0) is 16.2 Å². The number of rotatable bonds is 5. The Kier molecular flexibility index (Phi) is 5.54. The normalized spacial score (nSPS) is 13.7. The van der Waals surface area contributed by atoms with Gasteiger partial charge in [0.05, 0.1) is 16.6 Å². The van der Waals surface area contributed by atoms with Crippen molar-refractivity contribution in [1.82, 2.24) is 4.72 Å². The predicted octanol–water partition coefficient (Wildman–Crippen LogP) is 3.37. The first-order chi connectivity index (χ1) is 11.1. The fourth-order valence-electron chi connectivity index (χ4n) is 1.90. The molecule has 0 amide bonds. The number of benzene rings is 2. The van der Waals surface area contributed by atoms with Crippen LogP contribution in [0.4, 0.5) is 13.2 Å². The fraction of sp³-hybridized carbons (Fsp3) is 0.200. The van der Waals surface area contributed by atoms with Crippen LogP contribution < -0.4 is 4.72 Å². The van der Waals surface area contributed by atoms with Crippen molar-refractivity contribution in [3.63, 3.8) is 0 Å². The van der Waals surface area contributed by atoms with E-state index in [1.807, 2.05) is 0 Å². The van der Waals surface area contributed by atoms with Crippen LogP contribution in [0, 0.1) is 0 Å². The van der Waals surface area contributed by atoms with Gasteiger partial charge < -0.3 is 5.11 Å². The largest absolute Gasteiger partial charge is 0.416 e. The van der Waals surface area contributed by atoms with Gasteiger partial charge in [0.1, 0.15) is 0 Å². The third kappa shape index (κ3) is 4.70. The Morgan fingerprint density at radius 1 is 1.04 bits per heavy atom. The van der Waals surface area contributed by atoms with E-state index < -0.39 is 27.9 Å². The number of hydrogen-bond acceptors (Lipinski definition) is 3. The highest BCUT2D eigenvalue weighted by atomic mass is 35.5. The lowest BCUT2D eigenvalue weighted by Gasteiger charge is -2.14. The van der Waals surface area contributed by atoms with Gasteiger partial charge in [-0.3, -0.25) is 0 Å². The molecular formula is C15H13ClF3NO3S. The summed E-state index contributed by atoms with van der Waals surface area (Å²) in [6.07, 6.45) is -5.76. The summed E-state index contributed by atoms with van der Waals surface area (Å²) in [5.41, 5.74) is -0.679. The van der Waals surface area contributed by atoms with E-state index in [1.165, 1.54) is 24.3 Å². The highest BCUT2D eigenvalue weighted by Crippen LogP contribution is 2.29. The van der Waals surface area contributed by atoms with Gasteiger partial charge in [-0.1, -0.05) is 23.7 Å². The molecule has 0 fully saturated rings. The molecule has 4 nitrogen and oxygen atoms in total. The Labute approximate surface area is 141 Å². The lowest BCUT2D eigenvalue weighted by molar-refractivity contribution is -0.137. The number of nitrogens with one attached hydrogen (secondary N) is 1. The van der Waals surface area contributed by atoms with Crippen molar-refractivity contribution >= 4 is 21.6 Å². The third-order valence-corrected chi connectivity index (χ3v) is 4.90. The van der Waals surface area contributed by atoms with E-state index in [2.05, 4.69) is 4.72 Å². The van der Waals surface area contributed by atoms with E-state index in [4.69, 9.17) is 11.6 Å². The zero-order valence-electron chi connectivity index (χ0n) is 12.1. The lowest BCUT2D eigenvalue weighted by Crippen LogP contribution is -2.28. The molecule has 0 spiro atoms. The molecule has 130 valence electrons. The van der Waals surface area contributed by atoms with Gasteiger partial charge in [0, 0.05) is 11.6 Å². The number of alkyl halides is 3. The van der Waals surface area contributed by atoms with Gasteiger partial charge in [0.25, 0.3) is 0 Å². The van der Waals surface area contributed by atoms with Crippen molar-refractivity contribution in [1.29, 1.82) is 0 Å². The first-order valence-electron chi connectivity index (χ1n) is 6.70. The van der Waals surface area contributed by atoms with Crippen molar-refractivity contribution in [3.05, 3.63) is 64.7 Å². The van der Waals surface area contributed by atoms with E-state index >= 15 is 0 Å². The quantitative estimate of drug-likeness (QED) is 0.837. The molecular weight excluding hydrogens is 367 g/mol. The molecule has 0 radical (unpaired) electrons. The second kappa shape index (κ2) is 7.10. The summed E-state index contributed by atoms with van der Waals surface area (Å²) < 4.78 is 63.7. The van der Waals surface area contributed by atoms with E-state index in [0.29, 0.717) is 5.02 Å². The number of aliphatic hydroxyl groups excluding tert-OH is 1. The number of halogens is 4. The molecule has 2 rings (SSSR count). The molecule has 2 N–H and O–H groups in total. The highest BCUT2D eigenvalue weighted by molar-refractivity contribution is 7.89. The van der Waals surface area contributed by atoms with Gasteiger partial charge in [-0.15, -0.1) is 0 Å². The Balaban J connectivity index is 2.04. The van der Waals surface area contributed by atoms with Crippen LogP contribution in [0.25, 0.3) is 0 Å². The zero-order valence-corrected chi connectivity index (χ0v) is 13.7. The molecule has 2 aromatic carbocycles. The van der Waals surface area contributed by atoms with E-state index in [9.17, 15) is 26.7 Å². The minimum absolute atomic E-state index is 0.0356. The van der Waals surface area contributed by atoms with Crippen LogP contribution in [0.1, 0.15) is 17.2 Å². The SMILES string of the molecule is O=S(=O)(NCC(O)c1ccc(C(F)(F)F)cc1)c1ccc(Cl)cc1. The average molecular weight is 380 g/mol. The molecule has 0 aliphatic rings. The predicted molar refractivity (Wildman–Crippen MR) is 83.0 cm³/mol. The van der Waals surface area contributed by atoms with Crippen LogP contribution in [0.3, 0.4) is 0 Å². The highest BCUT2D eigenvalue weighted by Gasteiger charge is 2.30. The molecule has 0 saturated carbocycles. The Bertz CT molecular complexity index is 790. The first-order valence-corrected chi connectivity index (χ1v) is 8.56. The number of sulfonamides is 1. The molecule has 0 aliphatic heterocycles. The summed E-state index contributed by atoms with van der Waals surface area (Å²) >= 11 is 5.68. The maximum atomic E-state index is 12.5. The van der Waals surface area contributed by atoms with Gasteiger partial charge in [0.15, 0.2) is 0 Å². The van der Waals surface area contributed by atoms with Crippen LogP contribution >= 0.6 is 11.6 Å². The summed E-state index contributed by atoms with van der Waals surface area (Å²) in [5.74, 6) is 0. The van der Waals surface area contributed by atoms with Gasteiger partial charge >= 0.3 is 6.18 Å². The molecule has 9 heteroatoms. The number of aliphatic hydroxyl groups is 1. The topological polar surface area (TPSA) is 66.4 Å². The first kappa shape index (κ1) is 18.7. The maximum Gasteiger partial charge on any atom is 0.416 e. The Morgan fingerprint density at radius 3 is 2.08 bits per heavy atom. The van der Waals surface area contributed by atoms with Crippen LogP contribution in [0.15, 0.2) is 53.4 Å². The van der Waals surface area contributed by atoms with Crippen molar-refractivity contribution < 1.29 is 26.7 Å². The van der Waals surface area contributed by atoms with Crippen molar-refractivity contribution in [2.45, 2.75) is 17.2 Å². The van der Waals surface area contributed by atoms with Crippen LogP contribution in [0.2, 0.25) is 5.02 Å². The lowest BCUT2D eigenvalue weighted by atomic mass is 10.1. The second-order valence-corrected chi connectivity index (χ2v) is 7.14. The minimum atomic E-state index is -4.47. The third-order valence-electron chi connectivity index (χ3n) is 3.21. The molecule has 0 aliphatic carbocycles. The zero-order chi connectivity index (χ0) is 18.0. The van der Waals surface area contributed by atoms with Gasteiger partial charge in [-0.25, -0.2) is 13.1 Å². The average Bonchev–Trinajstić information content (AvgIpc) is 2.52. The van der Waals surface area contributed by atoms with Crippen molar-refractivity contribution in [2.75, 3.05) is 6.54 Å². The summed E-state index contributed by atoms with van der Waals surface area (Å²) in [5, 5.41) is 10.3. The van der Waals surface area contributed by atoms with Gasteiger partial charge in [-0.2, -0.15) is 13.2 Å². The van der Waals surface area contributed by atoms with Crippen LogP contribution in [-0.4, -0.2) is 20.1 Å². The van der Waals surface area contributed by atoms with Crippen molar-refractivity contribution in [2.24, 2.45) is 0 Å². The Morgan fingerprint density at radius 2 is 1.58 bits per heavy atom. The van der Waals surface area contributed by atoms with Gasteiger partial charge in [-0.05, 0) is 42.0 Å². The fourth-order valence-corrected chi connectivity index (χ4v) is 3.06. The maximum absolute atomic E-state index is 12.5. The van der Waals surface area contributed by atoms with E-state index in [0.717, 1.165) is 24.3 Å². The van der Waals surface area contributed by atoms with Crippen LogP contribution in [0.5, 0.6) is 0 Å². The summed E-state index contributed by atoms with van der Waals surface area (Å²) in [7, 11) is -3.86. The number of hydrogen-bond donors (Lipinski definition) is 2. The molecule has 0 bridgehead atoms.